The Labute approximate surface area is 121 Å². The number of ether oxygens (including phenoxy) is 1. The number of hydrogen-bond donors (Lipinski definition) is 2. The molecule has 0 fully saturated rings. The maximum absolute atomic E-state index is 12.4. The summed E-state index contributed by atoms with van der Waals surface area (Å²) in [5.41, 5.74) is 12.9. The fourth-order valence-corrected chi connectivity index (χ4v) is 2.59. The monoisotopic (exact) mass is 278 g/mol. The van der Waals surface area contributed by atoms with Crippen LogP contribution < -0.4 is 11.5 Å². The molecule has 0 aliphatic rings. The third kappa shape index (κ3) is 3.97. The summed E-state index contributed by atoms with van der Waals surface area (Å²) >= 11 is 0. The molecular weight excluding hydrogens is 252 g/mol. The number of rotatable bonds is 7. The van der Waals surface area contributed by atoms with Crippen molar-refractivity contribution >= 4 is 11.7 Å². The summed E-state index contributed by atoms with van der Waals surface area (Å²) in [6.45, 7) is 6.60. The Hall–Kier alpha value is -1.55. The number of para-hydroxylation sites is 1. The molecule has 1 atom stereocenters. The summed E-state index contributed by atoms with van der Waals surface area (Å²) in [5, 5.41) is 0. The molecule has 0 aliphatic heterocycles. The van der Waals surface area contributed by atoms with Crippen LogP contribution in [0.2, 0.25) is 0 Å². The van der Waals surface area contributed by atoms with Crippen molar-refractivity contribution < 1.29 is 9.53 Å². The van der Waals surface area contributed by atoms with E-state index < -0.39 is 5.41 Å². The zero-order valence-electron chi connectivity index (χ0n) is 12.7. The third-order valence-electron chi connectivity index (χ3n) is 3.48. The molecule has 1 aromatic rings. The van der Waals surface area contributed by atoms with E-state index in [1.165, 1.54) is 0 Å². The topological polar surface area (TPSA) is 78.3 Å². The molecule has 0 spiro atoms. The standard InChI is InChI=1S/C16H26N2O2/c1-4-20-15(19)16(11-17,9-12(2)3)10-13-7-5-6-8-14(13)18/h5-8,12H,4,9-11,17-18H2,1-3H3. The number of hydrogen-bond acceptors (Lipinski definition) is 4. The summed E-state index contributed by atoms with van der Waals surface area (Å²) in [6, 6.07) is 7.60. The molecule has 4 heteroatoms. The first-order chi connectivity index (χ1) is 9.45. The summed E-state index contributed by atoms with van der Waals surface area (Å²) < 4.78 is 5.25. The highest BCUT2D eigenvalue weighted by Crippen LogP contribution is 2.33. The number of anilines is 1. The Morgan fingerprint density at radius 3 is 2.50 bits per heavy atom. The van der Waals surface area contributed by atoms with E-state index in [9.17, 15) is 4.79 Å². The first kappa shape index (κ1) is 16.5. The van der Waals surface area contributed by atoms with Crippen LogP contribution >= 0.6 is 0 Å². The Morgan fingerprint density at radius 2 is 2.00 bits per heavy atom. The molecule has 4 nitrogen and oxygen atoms in total. The van der Waals surface area contributed by atoms with E-state index in [-0.39, 0.29) is 12.5 Å². The summed E-state index contributed by atoms with van der Waals surface area (Å²) in [6.07, 6.45) is 1.21. The fraction of sp³-hybridized carbons (Fsp3) is 0.562. The number of carbonyl (C=O) groups is 1. The van der Waals surface area contributed by atoms with Crippen molar-refractivity contribution in [1.29, 1.82) is 0 Å². The van der Waals surface area contributed by atoms with Crippen LogP contribution in [0.1, 0.15) is 32.8 Å². The van der Waals surface area contributed by atoms with Gasteiger partial charge in [0.2, 0.25) is 0 Å². The van der Waals surface area contributed by atoms with Crippen molar-refractivity contribution in [1.82, 2.24) is 0 Å². The van der Waals surface area contributed by atoms with Gasteiger partial charge >= 0.3 is 5.97 Å². The number of esters is 1. The predicted octanol–water partition coefficient (Wildman–Crippen LogP) is 2.37. The lowest BCUT2D eigenvalue weighted by atomic mass is 9.75. The second-order valence-electron chi connectivity index (χ2n) is 5.68. The number of nitrogen functional groups attached to an aromatic ring is 1. The lowest BCUT2D eigenvalue weighted by Gasteiger charge is -2.32. The minimum Gasteiger partial charge on any atom is -0.466 e. The van der Waals surface area contributed by atoms with Gasteiger partial charge in [-0.15, -0.1) is 0 Å². The smallest absolute Gasteiger partial charge is 0.313 e. The van der Waals surface area contributed by atoms with Crippen molar-refractivity contribution in [3.05, 3.63) is 29.8 Å². The Balaban J connectivity index is 3.09. The van der Waals surface area contributed by atoms with Crippen LogP contribution in [0.4, 0.5) is 5.69 Å². The molecule has 4 N–H and O–H groups in total. The number of benzene rings is 1. The summed E-state index contributed by atoms with van der Waals surface area (Å²) in [4.78, 5) is 12.4. The van der Waals surface area contributed by atoms with Gasteiger partial charge in [-0.05, 0) is 37.3 Å². The molecule has 0 amide bonds. The van der Waals surface area contributed by atoms with Gasteiger partial charge in [0.1, 0.15) is 0 Å². The molecule has 1 aromatic carbocycles. The summed E-state index contributed by atoms with van der Waals surface area (Å²) in [5.74, 6) is 0.132. The first-order valence-corrected chi connectivity index (χ1v) is 7.16. The third-order valence-corrected chi connectivity index (χ3v) is 3.48. The van der Waals surface area contributed by atoms with E-state index in [0.717, 1.165) is 5.56 Å². The van der Waals surface area contributed by atoms with E-state index in [4.69, 9.17) is 16.2 Å². The van der Waals surface area contributed by atoms with Crippen LogP contribution in [0.3, 0.4) is 0 Å². The molecule has 0 saturated carbocycles. The van der Waals surface area contributed by atoms with E-state index in [0.29, 0.717) is 31.1 Å². The second kappa shape index (κ2) is 7.29. The van der Waals surface area contributed by atoms with E-state index in [1.54, 1.807) is 0 Å². The highest BCUT2D eigenvalue weighted by molar-refractivity contribution is 5.78. The molecule has 0 radical (unpaired) electrons. The van der Waals surface area contributed by atoms with Crippen molar-refractivity contribution in [2.45, 2.75) is 33.6 Å². The maximum atomic E-state index is 12.4. The van der Waals surface area contributed by atoms with Crippen LogP contribution in [0, 0.1) is 11.3 Å². The molecule has 0 heterocycles. The lowest BCUT2D eigenvalue weighted by molar-refractivity contribution is -0.156. The van der Waals surface area contributed by atoms with Crippen LogP contribution in [-0.2, 0) is 16.0 Å². The van der Waals surface area contributed by atoms with Crippen LogP contribution in [0.25, 0.3) is 0 Å². The zero-order valence-corrected chi connectivity index (χ0v) is 12.7. The minimum absolute atomic E-state index is 0.223. The van der Waals surface area contributed by atoms with Crippen LogP contribution in [-0.4, -0.2) is 19.1 Å². The predicted molar refractivity (Wildman–Crippen MR) is 82.1 cm³/mol. The van der Waals surface area contributed by atoms with E-state index in [1.807, 2.05) is 31.2 Å². The van der Waals surface area contributed by atoms with Gasteiger partial charge in [0.25, 0.3) is 0 Å². The SMILES string of the molecule is CCOC(=O)C(CN)(Cc1ccccc1N)CC(C)C. The minimum atomic E-state index is -0.695. The number of nitrogens with two attached hydrogens (primary N) is 2. The van der Waals surface area contributed by atoms with Crippen molar-refractivity contribution in [3.8, 4) is 0 Å². The summed E-state index contributed by atoms with van der Waals surface area (Å²) in [7, 11) is 0. The van der Waals surface area contributed by atoms with Crippen LogP contribution in [0.15, 0.2) is 24.3 Å². The van der Waals surface area contributed by atoms with Crippen molar-refractivity contribution in [2.75, 3.05) is 18.9 Å². The van der Waals surface area contributed by atoms with E-state index in [2.05, 4.69) is 13.8 Å². The second-order valence-corrected chi connectivity index (χ2v) is 5.68. The Kier molecular flexibility index (Phi) is 6.02. The van der Waals surface area contributed by atoms with Gasteiger partial charge < -0.3 is 16.2 Å². The van der Waals surface area contributed by atoms with Crippen molar-refractivity contribution in [3.63, 3.8) is 0 Å². The highest BCUT2D eigenvalue weighted by atomic mass is 16.5. The van der Waals surface area contributed by atoms with Gasteiger partial charge in [0.05, 0.1) is 12.0 Å². The first-order valence-electron chi connectivity index (χ1n) is 7.16. The molecule has 0 aliphatic carbocycles. The fourth-order valence-electron chi connectivity index (χ4n) is 2.59. The van der Waals surface area contributed by atoms with E-state index >= 15 is 0 Å². The lowest BCUT2D eigenvalue weighted by Crippen LogP contribution is -2.43. The molecule has 0 aromatic heterocycles. The van der Waals surface area contributed by atoms with Crippen molar-refractivity contribution in [2.24, 2.45) is 17.1 Å². The quantitative estimate of drug-likeness (QED) is 0.593. The van der Waals surface area contributed by atoms with Gasteiger partial charge in [-0.2, -0.15) is 0 Å². The zero-order chi connectivity index (χ0) is 15.2. The largest absolute Gasteiger partial charge is 0.466 e. The number of carbonyl (C=O) groups excluding carboxylic acids is 1. The molecule has 1 rings (SSSR count). The van der Waals surface area contributed by atoms with Gasteiger partial charge in [0.15, 0.2) is 0 Å². The molecule has 0 saturated heterocycles. The molecule has 0 bridgehead atoms. The molecule has 20 heavy (non-hydrogen) atoms. The average molecular weight is 278 g/mol. The van der Waals surface area contributed by atoms with Gasteiger partial charge in [-0.1, -0.05) is 32.0 Å². The Morgan fingerprint density at radius 1 is 1.35 bits per heavy atom. The average Bonchev–Trinajstić information content (AvgIpc) is 2.40. The van der Waals surface area contributed by atoms with Gasteiger partial charge in [-0.25, -0.2) is 0 Å². The van der Waals surface area contributed by atoms with Gasteiger partial charge in [0, 0.05) is 12.2 Å². The maximum Gasteiger partial charge on any atom is 0.313 e. The molecular formula is C16H26N2O2. The normalized spacial score (nSPS) is 14.1. The molecule has 112 valence electrons. The van der Waals surface area contributed by atoms with Crippen LogP contribution in [0.5, 0.6) is 0 Å². The van der Waals surface area contributed by atoms with Gasteiger partial charge in [-0.3, -0.25) is 4.79 Å². The molecule has 1 unspecified atom stereocenters. The Bertz CT molecular complexity index is 446. The highest BCUT2D eigenvalue weighted by Gasteiger charge is 2.39.